The summed E-state index contributed by atoms with van der Waals surface area (Å²) in [5.41, 5.74) is -0.0339. The molecule has 0 bridgehead atoms. The summed E-state index contributed by atoms with van der Waals surface area (Å²) in [5, 5.41) is 9.78. The van der Waals surface area contributed by atoms with Crippen LogP contribution < -0.4 is 0 Å². The number of likely N-dealkylation sites (N-methyl/N-ethyl adjacent to an activating group) is 1. The van der Waals surface area contributed by atoms with E-state index in [1.807, 2.05) is 13.8 Å². The SMILES string of the molecule is CN(CC(C)(C)O)C1CCC(C)(C)CC1. The number of aliphatic hydroxyl groups is 1. The van der Waals surface area contributed by atoms with Crippen molar-refractivity contribution < 1.29 is 5.11 Å². The molecule has 2 nitrogen and oxygen atoms in total. The number of hydrogen-bond donors (Lipinski definition) is 1. The first-order valence-corrected chi connectivity index (χ1v) is 6.12. The van der Waals surface area contributed by atoms with Crippen LogP contribution in [-0.2, 0) is 0 Å². The summed E-state index contributed by atoms with van der Waals surface area (Å²) in [4.78, 5) is 2.33. The summed E-state index contributed by atoms with van der Waals surface area (Å²) in [6, 6.07) is 0.671. The van der Waals surface area contributed by atoms with Gasteiger partial charge in [0.2, 0.25) is 0 Å². The second-order valence-corrected chi connectivity index (χ2v) is 6.62. The minimum absolute atomic E-state index is 0.534. The van der Waals surface area contributed by atoms with Crippen LogP contribution in [0.4, 0.5) is 0 Å². The molecule has 0 aromatic heterocycles. The van der Waals surface area contributed by atoms with Gasteiger partial charge in [-0.25, -0.2) is 0 Å². The Morgan fingerprint density at radius 3 is 2.13 bits per heavy atom. The molecule has 1 N–H and O–H groups in total. The molecule has 15 heavy (non-hydrogen) atoms. The molecule has 0 aromatic carbocycles. The third-order valence-electron chi connectivity index (χ3n) is 3.57. The van der Waals surface area contributed by atoms with E-state index >= 15 is 0 Å². The summed E-state index contributed by atoms with van der Waals surface area (Å²) in [6.07, 6.45) is 5.18. The Morgan fingerprint density at radius 2 is 1.73 bits per heavy atom. The van der Waals surface area contributed by atoms with Crippen LogP contribution in [0.25, 0.3) is 0 Å². The molecular weight excluding hydrogens is 186 g/mol. The Bertz CT molecular complexity index is 195. The van der Waals surface area contributed by atoms with Gasteiger partial charge in [0.05, 0.1) is 5.60 Å². The standard InChI is InChI=1S/C13H27NO/c1-12(2)8-6-11(7-9-12)14(5)10-13(3,4)15/h11,15H,6-10H2,1-5H3. The highest BCUT2D eigenvalue weighted by Crippen LogP contribution is 2.36. The molecule has 0 atom stereocenters. The van der Waals surface area contributed by atoms with E-state index in [2.05, 4.69) is 25.8 Å². The van der Waals surface area contributed by atoms with Crippen molar-refractivity contribution in [3.63, 3.8) is 0 Å². The first-order chi connectivity index (χ1) is 6.70. The fourth-order valence-electron chi connectivity index (χ4n) is 2.56. The molecule has 0 aromatic rings. The van der Waals surface area contributed by atoms with Crippen LogP contribution in [0.15, 0.2) is 0 Å². The van der Waals surface area contributed by atoms with Gasteiger partial charge in [0, 0.05) is 12.6 Å². The zero-order valence-electron chi connectivity index (χ0n) is 11.0. The zero-order chi connectivity index (χ0) is 11.7. The minimum atomic E-state index is -0.568. The van der Waals surface area contributed by atoms with Crippen LogP contribution in [0.2, 0.25) is 0 Å². The molecule has 0 heterocycles. The normalized spacial score (nSPS) is 23.4. The largest absolute Gasteiger partial charge is 0.389 e. The predicted molar refractivity (Wildman–Crippen MR) is 65.0 cm³/mol. The van der Waals surface area contributed by atoms with Crippen LogP contribution in [0.1, 0.15) is 53.4 Å². The van der Waals surface area contributed by atoms with Gasteiger partial charge in [0.25, 0.3) is 0 Å². The van der Waals surface area contributed by atoms with E-state index < -0.39 is 5.60 Å². The Balaban J connectivity index is 2.40. The Labute approximate surface area is 94.7 Å². The molecule has 0 aliphatic heterocycles. The van der Waals surface area contributed by atoms with E-state index in [1.54, 1.807) is 0 Å². The van der Waals surface area contributed by atoms with Crippen molar-refractivity contribution in [2.75, 3.05) is 13.6 Å². The molecule has 0 unspecified atom stereocenters. The average Bonchev–Trinajstić information content (AvgIpc) is 2.00. The van der Waals surface area contributed by atoms with Gasteiger partial charge in [-0.3, -0.25) is 0 Å². The number of rotatable bonds is 3. The highest BCUT2D eigenvalue weighted by molar-refractivity contribution is 4.84. The summed E-state index contributed by atoms with van der Waals surface area (Å²) in [7, 11) is 2.14. The maximum atomic E-state index is 9.78. The maximum Gasteiger partial charge on any atom is 0.0718 e. The van der Waals surface area contributed by atoms with Gasteiger partial charge in [-0.05, 0) is 52.0 Å². The quantitative estimate of drug-likeness (QED) is 0.779. The second-order valence-electron chi connectivity index (χ2n) is 6.62. The van der Waals surface area contributed by atoms with Gasteiger partial charge in [-0.15, -0.1) is 0 Å². The monoisotopic (exact) mass is 213 g/mol. The summed E-state index contributed by atoms with van der Waals surface area (Å²) >= 11 is 0. The molecule has 1 aliphatic carbocycles. The molecule has 1 saturated carbocycles. The zero-order valence-corrected chi connectivity index (χ0v) is 11.0. The number of nitrogens with zero attached hydrogens (tertiary/aromatic N) is 1. The van der Waals surface area contributed by atoms with Crippen molar-refractivity contribution in [1.82, 2.24) is 4.90 Å². The molecule has 90 valence electrons. The molecule has 0 saturated heterocycles. The van der Waals surface area contributed by atoms with Gasteiger partial charge < -0.3 is 10.0 Å². The van der Waals surface area contributed by atoms with E-state index in [1.165, 1.54) is 25.7 Å². The highest BCUT2D eigenvalue weighted by atomic mass is 16.3. The fourth-order valence-corrected chi connectivity index (χ4v) is 2.56. The van der Waals surface area contributed by atoms with Crippen molar-refractivity contribution in [3.8, 4) is 0 Å². The van der Waals surface area contributed by atoms with E-state index in [4.69, 9.17) is 0 Å². The smallest absolute Gasteiger partial charge is 0.0718 e. The highest BCUT2D eigenvalue weighted by Gasteiger charge is 2.30. The van der Waals surface area contributed by atoms with Gasteiger partial charge in [-0.1, -0.05) is 13.8 Å². The molecule has 1 fully saturated rings. The van der Waals surface area contributed by atoms with Crippen LogP contribution in [0, 0.1) is 5.41 Å². The Hall–Kier alpha value is -0.0800. The maximum absolute atomic E-state index is 9.78. The molecule has 1 aliphatic rings. The summed E-state index contributed by atoms with van der Waals surface area (Å²) in [5.74, 6) is 0. The Morgan fingerprint density at radius 1 is 1.27 bits per heavy atom. The molecule has 1 rings (SSSR count). The van der Waals surface area contributed by atoms with E-state index in [0.717, 1.165) is 6.54 Å². The van der Waals surface area contributed by atoms with E-state index in [0.29, 0.717) is 11.5 Å². The first-order valence-electron chi connectivity index (χ1n) is 6.12. The van der Waals surface area contributed by atoms with Gasteiger partial charge >= 0.3 is 0 Å². The molecule has 2 heteroatoms. The number of hydrogen-bond acceptors (Lipinski definition) is 2. The Kier molecular flexibility index (Phi) is 3.83. The lowest BCUT2D eigenvalue weighted by Crippen LogP contribution is -2.44. The lowest BCUT2D eigenvalue weighted by molar-refractivity contribution is 0.0180. The first kappa shape index (κ1) is 13.0. The van der Waals surface area contributed by atoms with Crippen molar-refractivity contribution in [2.45, 2.75) is 65.0 Å². The molecule has 0 spiro atoms. The van der Waals surface area contributed by atoms with Crippen molar-refractivity contribution in [3.05, 3.63) is 0 Å². The van der Waals surface area contributed by atoms with Crippen molar-refractivity contribution in [2.24, 2.45) is 5.41 Å². The average molecular weight is 213 g/mol. The van der Waals surface area contributed by atoms with Crippen LogP contribution in [-0.4, -0.2) is 35.2 Å². The molecule has 0 radical (unpaired) electrons. The predicted octanol–water partition coefficient (Wildman–Crippen LogP) is 2.66. The third kappa shape index (κ3) is 4.52. The van der Waals surface area contributed by atoms with Crippen LogP contribution in [0.3, 0.4) is 0 Å². The van der Waals surface area contributed by atoms with Crippen molar-refractivity contribution >= 4 is 0 Å². The second kappa shape index (κ2) is 4.42. The molecular formula is C13H27NO. The van der Waals surface area contributed by atoms with Crippen molar-refractivity contribution in [1.29, 1.82) is 0 Å². The van der Waals surface area contributed by atoms with Crippen LogP contribution in [0.5, 0.6) is 0 Å². The van der Waals surface area contributed by atoms with E-state index in [-0.39, 0.29) is 0 Å². The minimum Gasteiger partial charge on any atom is -0.389 e. The third-order valence-corrected chi connectivity index (χ3v) is 3.57. The fraction of sp³-hybridized carbons (Fsp3) is 1.00. The van der Waals surface area contributed by atoms with Crippen LogP contribution >= 0.6 is 0 Å². The van der Waals surface area contributed by atoms with Gasteiger partial charge in [-0.2, -0.15) is 0 Å². The topological polar surface area (TPSA) is 23.5 Å². The molecule has 0 amide bonds. The van der Waals surface area contributed by atoms with Gasteiger partial charge in [0.1, 0.15) is 0 Å². The van der Waals surface area contributed by atoms with Gasteiger partial charge in [0.15, 0.2) is 0 Å². The lowest BCUT2D eigenvalue weighted by Gasteiger charge is -2.40. The van der Waals surface area contributed by atoms with E-state index in [9.17, 15) is 5.11 Å². The summed E-state index contributed by atoms with van der Waals surface area (Å²) in [6.45, 7) is 9.27. The lowest BCUT2D eigenvalue weighted by atomic mass is 9.75. The summed E-state index contributed by atoms with van der Waals surface area (Å²) < 4.78 is 0.